The second-order valence-corrected chi connectivity index (χ2v) is 5.35. The summed E-state index contributed by atoms with van der Waals surface area (Å²) in [5, 5.41) is 4.27. The van der Waals surface area contributed by atoms with Gasteiger partial charge in [0.25, 0.3) is 0 Å². The zero-order valence-corrected chi connectivity index (χ0v) is 13.5. The maximum atomic E-state index is 5.48. The fourth-order valence-corrected chi connectivity index (χ4v) is 2.49. The summed E-state index contributed by atoms with van der Waals surface area (Å²) < 4.78 is 7.26. The van der Waals surface area contributed by atoms with Gasteiger partial charge >= 0.3 is 0 Å². The highest BCUT2D eigenvalue weighted by atomic mass is 16.5. The molecule has 0 spiro atoms. The lowest BCUT2D eigenvalue weighted by molar-refractivity contribution is 0.416. The van der Waals surface area contributed by atoms with E-state index < -0.39 is 0 Å². The molecule has 0 radical (unpaired) electrons. The molecule has 4 heteroatoms. The molecule has 0 N–H and O–H groups in total. The Morgan fingerprint density at radius 3 is 2.48 bits per heavy atom. The number of rotatable bonds is 4. The summed E-state index contributed by atoms with van der Waals surface area (Å²) in [6.45, 7) is 2.03. The summed E-state index contributed by atoms with van der Waals surface area (Å²) in [7, 11) is 3.57. The van der Waals surface area contributed by atoms with E-state index in [9.17, 15) is 0 Å². The number of hydrogen-bond donors (Lipinski definition) is 0. The summed E-state index contributed by atoms with van der Waals surface area (Å²) in [5.74, 6) is 0.766. The predicted molar refractivity (Wildman–Crippen MR) is 92.7 cm³/mol. The van der Waals surface area contributed by atoms with E-state index in [1.807, 2.05) is 62.8 Å². The molecule has 23 heavy (non-hydrogen) atoms. The predicted octanol–water partition coefficient (Wildman–Crippen LogP) is 3.91. The Kier molecular flexibility index (Phi) is 4.24. The molecular weight excluding hydrogens is 286 g/mol. The van der Waals surface area contributed by atoms with Gasteiger partial charge in [-0.25, -0.2) is 4.99 Å². The van der Waals surface area contributed by atoms with Crippen molar-refractivity contribution in [2.24, 2.45) is 12.0 Å². The van der Waals surface area contributed by atoms with Gasteiger partial charge in [-0.2, -0.15) is 5.10 Å². The van der Waals surface area contributed by atoms with E-state index in [0.29, 0.717) is 0 Å². The molecule has 0 aliphatic rings. The van der Waals surface area contributed by atoms with Crippen LogP contribution in [-0.4, -0.2) is 22.6 Å². The average molecular weight is 305 g/mol. The molecule has 116 valence electrons. The normalized spacial score (nSPS) is 11.5. The van der Waals surface area contributed by atoms with E-state index in [4.69, 9.17) is 9.73 Å². The van der Waals surface area contributed by atoms with Gasteiger partial charge in [-0.3, -0.25) is 4.68 Å². The van der Waals surface area contributed by atoms with Crippen LogP contribution in [0.3, 0.4) is 0 Å². The summed E-state index contributed by atoms with van der Waals surface area (Å²) >= 11 is 0. The van der Waals surface area contributed by atoms with Crippen molar-refractivity contribution in [2.75, 3.05) is 7.11 Å². The summed E-state index contributed by atoms with van der Waals surface area (Å²) in [5.41, 5.74) is 4.82. The minimum absolute atomic E-state index is 0.766. The molecule has 0 aliphatic heterocycles. The van der Waals surface area contributed by atoms with Crippen LogP contribution in [0.2, 0.25) is 0 Å². The maximum Gasteiger partial charge on any atom is 0.144 e. The number of aliphatic imine (C=N–C) groups is 1. The van der Waals surface area contributed by atoms with Crippen LogP contribution in [-0.2, 0) is 7.05 Å². The Morgan fingerprint density at radius 1 is 1.04 bits per heavy atom. The highest BCUT2D eigenvalue weighted by Gasteiger charge is 2.12. The quantitative estimate of drug-likeness (QED) is 0.686. The third kappa shape index (κ3) is 3.16. The number of hydrogen-bond acceptors (Lipinski definition) is 3. The average Bonchev–Trinajstić information content (AvgIpc) is 3.00. The van der Waals surface area contributed by atoms with Crippen molar-refractivity contribution in [1.82, 2.24) is 9.78 Å². The van der Waals surface area contributed by atoms with Gasteiger partial charge in [-0.15, -0.1) is 0 Å². The van der Waals surface area contributed by atoms with Gasteiger partial charge in [0.05, 0.1) is 19.0 Å². The molecule has 2 aromatic carbocycles. The van der Waals surface area contributed by atoms with Crippen LogP contribution in [0.25, 0.3) is 0 Å². The van der Waals surface area contributed by atoms with Gasteiger partial charge in [0.15, 0.2) is 0 Å². The first-order valence-corrected chi connectivity index (χ1v) is 7.46. The van der Waals surface area contributed by atoms with Gasteiger partial charge in [0, 0.05) is 24.4 Å². The first-order chi connectivity index (χ1) is 11.2. The lowest BCUT2D eigenvalue weighted by Gasteiger charge is -2.10. The summed E-state index contributed by atoms with van der Waals surface area (Å²) in [6.07, 6.45) is 3.80. The van der Waals surface area contributed by atoms with E-state index in [1.54, 1.807) is 11.8 Å². The van der Waals surface area contributed by atoms with Crippen molar-refractivity contribution >= 4 is 11.4 Å². The van der Waals surface area contributed by atoms with Crippen LogP contribution in [0.15, 0.2) is 65.9 Å². The van der Waals surface area contributed by atoms with E-state index in [0.717, 1.165) is 33.8 Å². The number of nitrogens with zero attached hydrogens (tertiary/aromatic N) is 3. The molecule has 0 bridgehead atoms. The number of para-hydroxylation sites is 1. The van der Waals surface area contributed by atoms with Crippen molar-refractivity contribution in [3.8, 4) is 5.75 Å². The van der Waals surface area contributed by atoms with Gasteiger partial charge in [-0.1, -0.05) is 42.5 Å². The Bertz CT molecular complexity index is 835. The molecule has 0 saturated carbocycles. The topological polar surface area (TPSA) is 39.4 Å². The summed E-state index contributed by atoms with van der Waals surface area (Å²) in [4.78, 5) is 4.92. The van der Waals surface area contributed by atoms with Crippen LogP contribution in [0.1, 0.15) is 16.7 Å². The zero-order chi connectivity index (χ0) is 16.2. The van der Waals surface area contributed by atoms with Gasteiger partial charge in [0.1, 0.15) is 11.4 Å². The molecule has 0 aliphatic carbocycles. The van der Waals surface area contributed by atoms with Crippen LogP contribution < -0.4 is 4.74 Å². The number of benzene rings is 2. The van der Waals surface area contributed by atoms with E-state index >= 15 is 0 Å². The van der Waals surface area contributed by atoms with Gasteiger partial charge in [-0.05, 0) is 18.6 Å². The molecular formula is C19H19N3O. The SMILES string of the molecule is COc1cccc(C)c1N=C(c1ccccc1)c1cnn(C)c1. The smallest absolute Gasteiger partial charge is 0.144 e. The molecule has 3 rings (SSSR count). The lowest BCUT2D eigenvalue weighted by Crippen LogP contribution is -2.02. The molecule has 1 heterocycles. The molecule has 1 aromatic heterocycles. The standard InChI is InChI=1S/C19H19N3O/c1-14-8-7-11-17(23-3)18(14)21-19(15-9-5-4-6-10-15)16-12-20-22(2)13-16/h4-13H,1-3H3. The minimum Gasteiger partial charge on any atom is -0.494 e. The maximum absolute atomic E-state index is 5.48. The molecule has 0 unspecified atom stereocenters. The molecule has 0 saturated heterocycles. The second-order valence-electron chi connectivity index (χ2n) is 5.35. The first-order valence-electron chi connectivity index (χ1n) is 7.46. The zero-order valence-electron chi connectivity index (χ0n) is 13.5. The largest absolute Gasteiger partial charge is 0.494 e. The number of aryl methyl sites for hydroxylation is 2. The second kappa shape index (κ2) is 6.48. The fourth-order valence-electron chi connectivity index (χ4n) is 2.49. The van der Waals surface area contributed by atoms with Crippen molar-refractivity contribution in [1.29, 1.82) is 0 Å². The van der Waals surface area contributed by atoms with E-state index in [2.05, 4.69) is 17.2 Å². The Labute approximate surface area is 136 Å². The summed E-state index contributed by atoms with van der Waals surface area (Å²) in [6, 6.07) is 16.1. The van der Waals surface area contributed by atoms with Crippen LogP contribution >= 0.6 is 0 Å². The number of methoxy groups -OCH3 is 1. The molecule has 4 nitrogen and oxygen atoms in total. The Morgan fingerprint density at radius 2 is 1.83 bits per heavy atom. The highest BCUT2D eigenvalue weighted by molar-refractivity contribution is 6.14. The number of ether oxygens (including phenoxy) is 1. The number of aromatic nitrogens is 2. The minimum atomic E-state index is 0.766. The van der Waals surface area contributed by atoms with Gasteiger partial charge < -0.3 is 4.74 Å². The van der Waals surface area contributed by atoms with Crippen molar-refractivity contribution < 1.29 is 4.74 Å². The molecule has 0 amide bonds. The first kappa shape index (κ1) is 15.0. The monoisotopic (exact) mass is 305 g/mol. The molecule has 3 aromatic rings. The molecule has 0 fully saturated rings. The van der Waals surface area contributed by atoms with Crippen molar-refractivity contribution in [2.45, 2.75) is 6.92 Å². The third-order valence-corrected chi connectivity index (χ3v) is 3.67. The van der Waals surface area contributed by atoms with Gasteiger partial charge in [0.2, 0.25) is 0 Å². The van der Waals surface area contributed by atoms with E-state index in [1.165, 1.54) is 0 Å². The highest BCUT2D eigenvalue weighted by Crippen LogP contribution is 2.32. The fraction of sp³-hybridized carbons (Fsp3) is 0.158. The third-order valence-electron chi connectivity index (χ3n) is 3.67. The molecule has 0 atom stereocenters. The Hall–Kier alpha value is -2.88. The van der Waals surface area contributed by atoms with Crippen molar-refractivity contribution in [3.05, 3.63) is 77.6 Å². The lowest BCUT2D eigenvalue weighted by atomic mass is 10.0. The van der Waals surface area contributed by atoms with Crippen LogP contribution in [0.4, 0.5) is 5.69 Å². The van der Waals surface area contributed by atoms with Crippen LogP contribution in [0.5, 0.6) is 5.75 Å². The van der Waals surface area contributed by atoms with E-state index in [-0.39, 0.29) is 0 Å². The Balaban J connectivity index is 2.20. The van der Waals surface area contributed by atoms with Crippen molar-refractivity contribution in [3.63, 3.8) is 0 Å². The van der Waals surface area contributed by atoms with Crippen LogP contribution in [0, 0.1) is 6.92 Å².